The fourth-order valence-electron chi connectivity index (χ4n) is 3.34. The molecular weight excluding hydrogens is 270 g/mol. The first kappa shape index (κ1) is 12.1. The summed E-state index contributed by atoms with van der Waals surface area (Å²) in [5.74, 6) is 0. The van der Waals surface area contributed by atoms with Crippen molar-refractivity contribution in [2.45, 2.75) is 29.8 Å². The summed E-state index contributed by atoms with van der Waals surface area (Å²) >= 11 is 0. The molecule has 0 aliphatic carbocycles. The van der Waals surface area contributed by atoms with Crippen LogP contribution in [-0.4, -0.2) is 23.9 Å². The molecule has 3 nitrogen and oxygen atoms in total. The second-order valence-corrected chi connectivity index (χ2v) is 8.08. The van der Waals surface area contributed by atoms with Crippen LogP contribution in [0.15, 0.2) is 42.6 Å². The number of fused-ring (bicyclic) bond motifs is 3. The second-order valence-electron chi connectivity index (χ2n) is 5.63. The highest BCUT2D eigenvalue weighted by Crippen LogP contribution is 2.40. The van der Waals surface area contributed by atoms with Gasteiger partial charge in [-0.25, -0.2) is 8.42 Å². The van der Waals surface area contributed by atoms with Crippen LogP contribution in [0.1, 0.15) is 24.8 Å². The first-order valence-corrected chi connectivity index (χ1v) is 8.54. The third-order valence-electron chi connectivity index (χ3n) is 4.47. The van der Waals surface area contributed by atoms with Crippen LogP contribution in [0.3, 0.4) is 0 Å². The third kappa shape index (κ3) is 1.71. The van der Waals surface area contributed by atoms with Crippen molar-refractivity contribution in [2.75, 3.05) is 0 Å². The molecule has 3 heterocycles. The van der Waals surface area contributed by atoms with Crippen LogP contribution in [-0.2, 0) is 9.84 Å². The van der Waals surface area contributed by atoms with Crippen LogP contribution in [0.5, 0.6) is 0 Å². The van der Waals surface area contributed by atoms with E-state index in [1.54, 1.807) is 6.20 Å². The molecule has 2 aromatic rings. The molecule has 2 bridgehead atoms. The Morgan fingerprint density at radius 1 is 1.15 bits per heavy atom. The first-order valence-electron chi connectivity index (χ1n) is 6.93. The SMILES string of the molecule is O=S1(=O)C2C=C(c3ccc4cccnc4c3)CC1CC2. The van der Waals surface area contributed by atoms with Gasteiger partial charge in [0, 0.05) is 11.6 Å². The van der Waals surface area contributed by atoms with Crippen molar-refractivity contribution in [1.29, 1.82) is 0 Å². The zero-order valence-electron chi connectivity index (χ0n) is 11.0. The van der Waals surface area contributed by atoms with Gasteiger partial charge in [-0.15, -0.1) is 0 Å². The fraction of sp³-hybridized carbons (Fsp3) is 0.312. The van der Waals surface area contributed by atoms with E-state index in [9.17, 15) is 8.42 Å². The summed E-state index contributed by atoms with van der Waals surface area (Å²) in [5, 5.41) is 0.672. The van der Waals surface area contributed by atoms with Crippen LogP contribution >= 0.6 is 0 Å². The monoisotopic (exact) mass is 285 g/mol. The summed E-state index contributed by atoms with van der Waals surface area (Å²) in [7, 11) is -2.90. The Morgan fingerprint density at radius 2 is 2.05 bits per heavy atom. The van der Waals surface area contributed by atoms with E-state index < -0.39 is 9.84 Å². The van der Waals surface area contributed by atoms with Crippen molar-refractivity contribution in [3.05, 3.63) is 48.2 Å². The summed E-state index contributed by atoms with van der Waals surface area (Å²) in [6.45, 7) is 0. The Morgan fingerprint density at radius 3 is 2.90 bits per heavy atom. The zero-order chi connectivity index (χ0) is 13.7. The lowest BCUT2D eigenvalue weighted by Crippen LogP contribution is -2.26. The van der Waals surface area contributed by atoms with Crippen LogP contribution in [0.4, 0.5) is 0 Å². The Bertz CT molecular complexity index is 823. The lowest BCUT2D eigenvalue weighted by Gasteiger charge is -2.20. The maximum Gasteiger partial charge on any atom is 0.159 e. The molecule has 1 aromatic carbocycles. The lowest BCUT2D eigenvalue weighted by molar-refractivity contribution is 0.585. The summed E-state index contributed by atoms with van der Waals surface area (Å²) in [5.41, 5.74) is 3.24. The number of aromatic nitrogens is 1. The summed E-state index contributed by atoms with van der Waals surface area (Å²) < 4.78 is 24.2. The average molecular weight is 285 g/mol. The third-order valence-corrected chi connectivity index (χ3v) is 7.02. The van der Waals surface area contributed by atoms with Gasteiger partial charge in [-0.2, -0.15) is 0 Å². The van der Waals surface area contributed by atoms with Gasteiger partial charge in [0.1, 0.15) is 0 Å². The minimum Gasteiger partial charge on any atom is -0.256 e. The molecule has 4 rings (SSSR count). The van der Waals surface area contributed by atoms with Crippen LogP contribution in [0.2, 0.25) is 0 Å². The Balaban J connectivity index is 1.81. The average Bonchev–Trinajstić information content (AvgIpc) is 2.67. The highest BCUT2D eigenvalue weighted by Gasteiger charge is 2.43. The molecule has 0 radical (unpaired) electrons. The number of rotatable bonds is 1. The smallest absolute Gasteiger partial charge is 0.159 e. The molecular formula is C16H15NO2S. The summed E-state index contributed by atoms with van der Waals surface area (Å²) in [4.78, 5) is 4.37. The molecule has 102 valence electrons. The van der Waals surface area contributed by atoms with Crippen molar-refractivity contribution in [2.24, 2.45) is 0 Å². The van der Waals surface area contributed by atoms with E-state index in [4.69, 9.17) is 0 Å². The van der Waals surface area contributed by atoms with Crippen molar-refractivity contribution >= 4 is 26.3 Å². The second kappa shape index (κ2) is 4.16. The minimum atomic E-state index is -2.90. The van der Waals surface area contributed by atoms with E-state index in [0.717, 1.165) is 29.3 Å². The van der Waals surface area contributed by atoms with Gasteiger partial charge in [-0.3, -0.25) is 4.98 Å². The molecule has 2 aliphatic rings. The highest BCUT2D eigenvalue weighted by molar-refractivity contribution is 7.93. The van der Waals surface area contributed by atoms with Crippen molar-refractivity contribution in [1.82, 2.24) is 4.98 Å². The molecule has 0 N–H and O–H groups in total. The number of allylic oxidation sites excluding steroid dienone is 1. The van der Waals surface area contributed by atoms with Crippen LogP contribution in [0, 0.1) is 0 Å². The number of benzene rings is 1. The normalized spacial score (nSPS) is 27.5. The molecule has 1 saturated heterocycles. The zero-order valence-corrected chi connectivity index (χ0v) is 11.8. The van der Waals surface area contributed by atoms with Gasteiger partial charge in [0.25, 0.3) is 0 Å². The van der Waals surface area contributed by atoms with Gasteiger partial charge < -0.3 is 0 Å². The van der Waals surface area contributed by atoms with Crippen LogP contribution < -0.4 is 0 Å². The molecule has 2 unspecified atom stereocenters. The van der Waals surface area contributed by atoms with Crippen molar-refractivity contribution in [3.63, 3.8) is 0 Å². The molecule has 0 amide bonds. The largest absolute Gasteiger partial charge is 0.256 e. The number of hydrogen-bond acceptors (Lipinski definition) is 3. The molecule has 2 atom stereocenters. The Kier molecular flexibility index (Phi) is 2.51. The summed E-state index contributed by atoms with van der Waals surface area (Å²) in [6.07, 6.45) is 5.98. The maximum absolute atomic E-state index is 12.1. The lowest BCUT2D eigenvalue weighted by atomic mass is 9.99. The van der Waals surface area contributed by atoms with E-state index in [1.165, 1.54) is 5.57 Å². The number of sulfone groups is 1. The minimum absolute atomic E-state index is 0.174. The molecule has 4 heteroatoms. The number of nitrogens with zero attached hydrogens (tertiary/aromatic N) is 1. The quantitative estimate of drug-likeness (QED) is 0.809. The van der Waals surface area contributed by atoms with Gasteiger partial charge >= 0.3 is 0 Å². The van der Waals surface area contributed by atoms with Gasteiger partial charge in [0.2, 0.25) is 0 Å². The van der Waals surface area contributed by atoms with Crippen molar-refractivity contribution < 1.29 is 8.42 Å². The Hall–Kier alpha value is -1.68. The molecule has 1 fully saturated rings. The molecule has 0 saturated carbocycles. The topological polar surface area (TPSA) is 47.0 Å². The van der Waals surface area contributed by atoms with E-state index in [1.807, 2.05) is 18.2 Å². The maximum atomic E-state index is 12.1. The fourth-order valence-corrected chi connectivity index (χ4v) is 5.53. The standard InChI is InChI=1S/C16H15NO2S/c18-20(19)14-5-6-15(20)9-13(8-14)12-4-3-11-2-1-7-17-16(11)10-12/h1-4,7-8,10,14-15H,5-6,9H2. The molecule has 2 aliphatic heterocycles. The van der Waals surface area contributed by atoms with Crippen LogP contribution in [0.25, 0.3) is 16.5 Å². The molecule has 20 heavy (non-hydrogen) atoms. The molecule has 0 spiro atoms. The number of hydrogen-bond donors (Lipinski definition) is 0. The predicted octanol–water partition coefficient (Wildman–Crippen LogP) is 2.97. The van der Waals surface area contributed by atoms with E-state index in [0.29, 0.717) is 6.42 Å². The van der Waals surface area contributed by atoms with E-state index in [2.05, 4.69) is 23.2 Å². The summed E-state index contributed by atoms with van der Waals surface area (Å²) in [6, 6.07) is 10.2. The van der Waals surface area contributed by atoms with Gasteiger partial charge in [0.15, 0.2) is 9.84 Å². The molecule has 1 aromatic heterocycles. The van der Waals surface area contributed by atoms with E-state index >= 15 is 0 Å². The first-order chi connectivity index (χ1) is 9.64. The highest BCUT2D eigenvalue weighted by atomic mass is 32.2. The predicted molar refractivity (Wildman–Crippen MR) is 80.1 cm³/mol. The van der Waals surface area contributed by atoms with Crippen molar-refractivity contribution in [3.8, 4) is 0 Å². The number of pyridine rings is 1. The van der Waals surface area contributed by atoms with Gasteiger partial charge in [-0.05, 0) is 42.5 Å². The Labute approximate surface area is 118 Å². The van der Waals surface area contributed by atoms with E-state index in [-0.39, 0.29) is 10.5 Å². The van der Waals surface area contributed by atoms with Gasteiger partial charge in [-0.1, -0.05) is 24.3 Å². The van der Waals surface area contributed by atoms with Gasteiger partial charge in [0.05, 0.1) is 16.0 Å².